The largest absolute Gasteiger partial charge is 0.482 e. The van der Waals surface area contributed by atoms with Crippen LogP contribution in [0.2, 0.25) is 0 Å². The third-order valence-corrected chi connectivity index (χ3v) is 5.08. The van der Waals surface area contributed by atoms with Gasteiger partial charge in [-0.2, -0.15) is 0 Å². The summed E-state index contributed by atoms with van der Waals surface area (Å²) in [6.45, 7) is 3.71. The fraction of sp³-hybridized carbons (Fsp3) is 0.263. The SMILES string of the molecule is CCNS(=O)(=O)c1ccc(C(=O)Nc2cccc(OCC(=O)OCC)c2)cc1. The molecule has 150 valence electrons. The van der Waals surface area contributed by atoms with E-state index in [0.29, 0.717) is 17.0 Å². The molecule has 0 aromatic heterocycles. The molecule has 28 heavy (non-hydrogen) atoms. The highest BCUT2D eigenvalue weighted by Crippen LogP contribution is 2.19. The summed E-state index contributed by atoms with van der Waals surface area (Å²) in [4.78, 5) is 23.8. The van der Waals surface area contributed by atoms with Crippen LogP contribution >= 0.6 is 0 Å². The van der Waals surface area contributed by atoms with E-state index in [1.165, 1.54) is 24.3 Å². The average molecular weight is 406 g/mol. The van der Waals surface area contributed by atoms with Crippen molar-refractivity contribution < 1.29 is 27.5 Å². The normalized spacial score (nSPS) is 10.9. The predicted octanol–water partition coefficient (Wildman–Crippen LogP) is 2.18. The maximum atomic E-state index is 12.4. The molecule has 0 fully saturated rings. The van der Waals surface area contributed by atoms with Gasteiger partial charge in [0.05, 0.1) is 11.5 Å². The smallest absolute Gasteiger partial charge is 0.344 e. The molecule has 0 spiro atoms. The number of hydrogen-bond donors (Lipinski definition) is 2. The van der Waals surface area contributed by atoms with Crippen molar-refractivity contribution in [2.45, 2.75) is 18.7 Å². The molecule has 0 radical (unpaired) electrons. The minimum absolute atomic E-state index is 0.0836. The van der Waals surface area contributed by atoms with E-state index in [1.807, 2.05) is 0 Å². The molecule has 2 rings (SSSR count). The van der Waals surface area contributed by atoms with E-state index in [2.05, 4.69) is 10.0 Å². The molecule has 2 N–H and O–H groups in total. The highest BCUT2D eigenvalue weighted by molar-refractivity contribution is 7.89. The van der Waals surface area contributed by atoms with Crippen LogP contribution < -0.4 is 14.8 Å². The topological polar surface area (TPSA) is 111 Å². The average Bonchev–Trinajstić information content (AvgIpc) is 2.67. The van der Waals surface area contributed by atoms with Gasteiger partial charge < -0.3 is 14.8 Å². The Labute approximate surface area is 163 Å². The summed E-state index contributed by atoms with van der Waals surface area (Å²) in [5.74, 6) is -0.489. The Morgan fingerprint density at radius 1 is 1.04 bits per heavy atom. The molecule has 2 aromatic carbocycles. The van der Waals surface area contributed by atoms with Gasteiger partial charge in [0.15, 0.2) is 6.61 Å². The van der Waals surface area contributed by atoms with Gasteiger partial charge in [0.25, 0.3) is 5.91 Å². The number of hydrogen-bond acceptors (Lipinski definition) is 6. The number of anilines is 1. The lowest BCUT2D eigenvalue weighted by molar-refractivity contribution is -0.145. The number of sulfonamides is 1. The summed E-state index contributed by atoms with van der Waals surface area (Å²) in [6, 6.07) is 12.1. The van der Waals surface area contributed by atoms with Crippen molar-refractivity contribution in [3.05, 3.63) is 54.1 Å². The Morgan fingerprint density at radius 2 is 1.75 bits per heavy atom. The summed E-state index contributed by atoms with van der Waals surface area (Å²) >= 11 is 0. The van der Waals surface area contributed by atoms with Crippen LogP contribution in [0, 0.1) is 0 Å². The number of benzene rings is 2. The fourth-order valence-corrected chi connectivity index (χ4v) is 3.31. The molecule has 8 nitrogen and oxygen atoms in total. The van der Waals surface area contributed by atoms with Gasteiger partial charge in [0.1, 0.15) is 5.75 Å². The number of carbonyl (C=O) groups excluding carboxylic acids is 2. The first-order valence-corrected chi connectivity index (χ1v) is 10.1. The van der Waals surface area contributed by atoms with Gasteiger partial charge in [-0.3, -0.25) is 4.79 Å². The van der Waals surface area contributed by atoms with Gasteiger partial charge in [0.2, 0.25) is 10.0 Å². The van der Waals surface area contributed by atoms with E-state index < -0.39 is 21.9 Å². The number of rotatable bonds is 9. The molecular weight excluding hydrogens is 384 g/mol. The second-order valence-electron chi connectivity index (χ2n) is 5.60. The van der Waals surface area contributed by atoms with Gasteiger partial charge in [-0.15, -0.1) is 0 Å². The lowest BCUT2D eigenvalue weighted by atomic mass is 10.2. The van der Waals surface area contributed by atoms with E-state index in [0.717, 1.165) is 0 Å². The summed E-state index contributed by atoms with van der Waals surface area (Å²) in [5.41, 5.74) is 0.768. The first-order chi connectivity index (χ1) is 13.4. The van der Waals surface area contributed by atoms with Crippen LogP contribution in [0.15, 0.2) is 53.4 Å². The van der Waals surface area contributed by atoms with Crippen LogP contribution in [-0.4, -0.2) is 40.1 Å². The lowest BCUT2D eigenvalue weighted by Crippen LogP contribution is -2.23. The summed E-state index contributed by atoms with van der Waals surface area (Å²) in [6.07, 6.45) is 0. The van der Waals surface area contributed by atoms with E-state index >= 15 is 0 Å². The highest BCUT2D eigenvalue weighted by Gasteiger charge is 2.14. The van der Waals surface area contributed by atoms with Crippen molar-refractivity contribution in [1.82, 2.24) is 4.72 Å². The van der Waals surface area contributed by atoms with Crippen molar-refractivity contribution in [3.8, 4) is 5.75 Å². The second-order valence-corrected chi connectivity index (χ2v) is 7.37. The summed E-state index contributed by atoms with van der Waals surface area (Å²) < 4.78 is 36.4. The zero-order valence-electron chi connectivity index (χ0n) is 15.6. The quantitative estimate of drug-likeness (QED) is 0.618. The minimum Gasteiger partial charge on any atom is -0.482 e. The monoisotopic (exact) mass is 406 g/mol. The molecule has 0 heterocycles. The van der Waals surface area contributed by atoms with Crippen molar-refractivity contribution in [3.63, 3.8) is 0 Å². The molecular formula is C19H22N2O6S. The fourth-order valence-electron chi connectivity index (χ4n) is 2.27. The number of nitrogens with one attached hydrogen (secondary N) is 2. The zero-order chi connectivity index (χ0) is 20.6. The van der Waals surface area contributed by atoms with Gasteiger partial charge in [-0.25, -0.2) is 17.9 Å². The first kappa shape index (κ1) is 21.4. The van der Waals surface area contributed by atoms with Crippen LogP contribution in [0.4, 0.5) is 5.69 Å². The molecule has 0 aliphatic carbocycles. The molecule has 9 heteroatoms. The third kappa shape index (κ3) is 6.07. The second kappa shape index (κ2) is 9.86. The molecule has 0 saturated carbocycles. The maximum absolute atomic E-state index is 12.4. The minimum atomic E-state index is -3.57. The Bertz CT molecular complexity index is 926. The van der Waals surface area contributed by atoms with E-state index in [4.69, 9.17) is 9.47 Å². The van der Waals surface area contributed by atoms with Crippen LogP contribution in [-0.2, 0) is 19.6 Å². The predicted molar refractivity (Wildman–Crippen MR) is 104 cm³/mol. The van der Waals surface area contributed by atoms with Gasteiger partial charge in [-0.1, -0.05) is 13.0 Å². The van der Waals surface area contributed by atoms with Gasteiger partial charge in [-0.05, 0) is 43.3 Å². The molecule has 0 atom stereocenters. The lowest BCUT2D eigenvalue weighted by Gasteiger charge is -2.09. The molecule has 2 aromatic rings. The van der Waals surface area contributed by atoms with Gasteiger partial charge >= 0.3 is 5.97 Å². The zero-order valence-corrected chi connectivity index (χ0v) is 16.4. The van der Waals surface area contributed by atoms with E-state index in [9.17, 15) is 18.0 Å². The number of ether oxygens (including phenoxy) is 2. The van der Waals surface area contributed by atoms with Crippen LogP contribution in [0.5, 0.6) is 5.75 Å². The molecule has 0 bridgehead atoms. The van der Waals surface area contributed by atoms with Crippen molar-refractivity contribution in [2.75, 3.05) is 25.1 Å². The van der Waals surface area contributed by atoms with Crippen molar-refractivity contribution in [1.29, 1.82) is 0 Å². The highest BCUT2D eigenvalue weighted by atomic mass is 32.2. The summed E-state index contributed by atoms with van der Waals surface area (Å²) in [5, 5.41) is 2.69. The molecule has 0 saturated heterocycles. The number of carbonyl (C=O) groups is 2. The first-order valence-electron chi connectivity index (χ1n) is 8.65. The number of esters is 1. The Morgan fingerprint density at radius 3 is 2.39 bits per heavy atom. The Kier molecular flexibility index (Phi) is 7.53. The standard InChI is InChI=1S/C19H22N2O6S/c1-3-20-28(24,25)17-10-8-14(9-11-17)19(23)21-15-6-5-7-16(12-15)27-13-18(22)26-4-2/h5-12,20H,3-4,13H2,1-2H3,(H,21,23). The van der Waals surface area contributed by atoms with Crippen LogP contribution in [0.25, 0.3) is 0 Å². The molecule has 0 aliphatic rings. The van der Waals surface area contributed by atoms with E-state index in [-0.39, 0.29) is 24.7 Å². The third-order valence-electron chi connectivity index (χ3n) is 3.52. The molecule has 0 unspecified atom stereocenters. The Hall–Kier alpha value is -2.91. The molecule has 0 aliphatic heterocycles. The van der Waals surface area contributed by atoms with Crippen molar-refractivity contribution in [2.24, 2.45) is 0 Å². The van der Waals surface area contributed by atoms with Crippen LogP contribution in [0.3, 0.4) is 0 Å². The van der Waals surface area contributed by atoms with Gasteiger partial charge in [0, 0.05) is 23.9 Å². The Balaban J connectivity index is 2.03. The molecule has 1 amide bonds. The maximum Gasteiger partial charge on any atom is 0.344 e. The van der Waals surface area contributed by atoms with Crippen molar-refractivity contribution >= 4 is 27.6 Å². The number of amides is 1. The summed E-state index contributed by atoms with van der Waals surface area (Å²) in [7, 11) is -3.57. The van der Waals surface area contributed by atoms with E-state index in [1.54, 1.807) is 38.1 Å². The van der Waals surface area contributed by atoms with Crippen LogP contribution in [0.1, 0.15) is 24.2 Å².